The maximum Gasteiger partial charge on any atom is 0.0384 e. The van der Waals surface area contributed by atoms with Crippen LogP contribution in [0.5, 0.6) is 0 Å². The third-order valence-electron chi connectivity index (χ3n) is 2.97. The molecule has 3 heteroatoms. The first-order valence-electron chi connectivity index (χ1n) is 5.90. The maximum atomic E-state index is 3.16. The van der Waals surface area contributed by atoms with Gasteiger partial charge in [-0.1, -0.05) is 6.07 Å². The molecule has 0 bridgehead atoms. The highest BCUT2D eigenvalue weighted by Gasteiger charge is 2.02. The molecule has 0 unspecified atom stereocenters. The third-order valence-corrected chi connectivity index (χ3v) is 2.97. The number of H-pyrrole nitrogens is 1. The topological polar surface area (TPSA) is 31.1 Å². The summed E-state index contributed by atoms with van der Waals surface area (Å²) in [4.78, 5) is 5.35. The summed E-state index contributed by atoms with van der Waals surface area (Å²) in [6, 6.07) is 10.6. The Bertz CT molecular complexity index is 448. The van der Waals surface area contributed by atoms with E-state index >= 15 is 0 Å². The van der Waals surface area contributed by atoms with Gasteiger partial charge in [-0.05, 0) is 36.2 Å². The number of nitrogens with one attached hydrogen (secondary N) is 2. The predicted octanol–water partition coefficient (Wildman–Crippen LogP) is 2.74. The predicted molar refractivity (Wildman–Crippen MR) is 73.8 cm³/mol. The summed E-state index contributed by atoms with van der Waals surface area (Å²) < 4.78 is 0. The van der Waals surface area contributed by atoms with Crippen molar-refractivity contribution in [3.63, 3.8) is 0 Å². The number of hydrogen-bond donors (Lipinski definition) is 2. The number of hydrogen-bond acceptors (Lipinski definition) is 2. The van der Waals surface area contributed by atoms with Gasteiger partial charge in [0.15, 0.2) is 0 Å². The van der Waals surface area contributed by atoms with Gasteiger partial charge in [0.2, 0.25) is 0 Å². The van der Waals surface area contributed by atoms with Gasteiger partial charge in [-0.2, -0.15) is 0 Å². The smallest absolute Gasteiger partial charge is 0.0384 e. The van der Waals surface area contributed by atoms with Gasteiger partial charge in [0.1, 0.15) is 0 Å². The van der Waals surface area contributed by atoms with Crippen LogP contribution in [0.4, 0.5) is 11.4 Å². The summed E-state index contributed by atoms with van der Waals surface area (Å²) in [6.45, 7) is 1.02. The summed E-state index contributed by atoms with van der Waals surface area (Å²) in [6.07, 6.45) is 5.08. The molecule has 0 aliphatic carbocycles. The molecule has 0 aliphatic rings. The van der Waals surface area contributed by atoms with Crippen LogP contribution in [0, 0.1) is 0 Å². The number of likely N-dealkylation sites (N-methyl/N-ethyl adjacent to an activating group) is 1. The first-order chi connectivity index (χ1) is 8.29. The van der Waals surface area contributed by atoms with Gasteiger partial charge in [0, 0.05) is 44.4 Å². The zero-order chi connectivity index (χ0) is 12.1. The molecule has 0 atom stereocenters. The van der Waals surface area contributed by atoms with E-state index in [0.717, 1.165) is 18.7 Å². The molecule has 17 heavy (non-hydrogen) atoms. The van der Waals surface area contributed by atoms with Crippen molar-refractivity contribution in [2.75, 3.05) is 30.9 Å². The van der Waals surface area contributed by atoms with E-state index < -0.39 is 0 Å². The fraction of sp³-hybridized carbons (Fsp3) is 0.286. The Morgan fingerprint density at radius 3 is 2.88 bits per heavy atom. The highest BCUT2D eigenvalue weighted by Crippen LogP contribution is 2.18. The van der Waals surface area contributed by atoms with Gasteiger partial charge in [-0.3, -0.25) is 0 Å². The molecule has 0 saturated heterocycles. The second kappa shape index (κ2) is 5.43. The molecule has 3 nitrogen and oxygen atoms in total. The van der Waals surface area contributed by atoms with Crippen molar-refractivity contribution in [3.05, 3.63) is 48.3 Å². The van der Waals surface area contributed by atoms with Crippen LogP contribution < -0.4 is 10.2 Å². The molecule has 1 aromatic heterocycles. The second-order valence-electron chi connectivity index (χ2n) is 4.19. The van der Waals surface area contributed by atoms with Crippen LogP contribution in [0.2, 0.25) is 0 Å². The van der Waals surface area contributed by atoms with Gasteiger partial charge in [0.25, 0.3) is 0 Å². The molecule has 0 spiro atoms. The summed E-state index contributed by atoms with van der Waals surface area (Å²) >= 11 is 0. The third kappa shape index (κ3) is 3.03. The first-order valence-corrected chi connectivity index (χ1v) is 5.90. The van der Waals surface area contributed by atoms with Gasteiger partial charge >= 0.3 is 0 Å². The standard InChI is InChI=1S/C14H19N3/c1-15-13-4-3-5-14(10-13)17(2)9-7-12-6-8-16-11-12/h3-6,8,10-11,15-16H,7,9H2,1-2H3. The van der Waals surface area contributed by atoms with Crippen molar-refractivity contribution < 1.29 is 0 Å². The zero-order valence-corrected chi connectivity index (χ0v) is 10.4. The van der Waals surface area contributed by atoms with Crippen molar-refractivity contribution in [2.45, 2.75) is 6.42 Å². The fourth-order valence-corrected chi connectivity index (χ4v) is 1.84. The molecule has 0 radical (unpaired) electrons. The average molecular weight is 229 g/mol. The van der Waals surface area contributed by atoms with E-state index in [1.165, 1.54) is 11.3 Å². The summed E-state index contributed by atoms with van der Waals surface area (Å²) in [5.74, 6) is 0. The van der Waals surface area contributed by atoms with Crippen LogP contribution in [-0.4, -0.2) is 25.6 Å². The molecule has 90 valence electrons. The number of benzene rings is 1. The van der Waals surface area contributed by atoms with Gasteiger partial charge in [0.05, 0.1) is 0 Å². The van der Waals surface area contributed by atoms with Crippen molar-refractivity contribution in [1.29, 1.82) is 0 Å². The maximum absolute atomic E-state index is 3.16. The van der Waals surface area contributed by atoms with Crippen LogP contribution in [0.1, 0.15) is 5.56 Å². The number of aromatic amines is 1. The van der Waals surface area contributed by atoms with Gasteiger partial charge in [-0.15, -0.1) is 0 Å². The van der Waals surface area contributed by atoms with Crippen molar-refractivity contribution in [2.24, 2.45) is 0 Å². The number of nitrogens with zero attached hydrogens (tertiary/aromatic N) is 1. The van der Waals surface area contributed by atoms with E-state index in [-0.39, 0.29) is 0 Å². The lowest BCUT2D eigenvalue weighted by Crippen LogP contribution is -2.20. The SMILES string of the molecule is CNc1cccc(N(C)CCc2cc[nH]c2)c1. The molecule has 0 saturated carbocycles. The Balaban J connectivity index is 1.96. The van der Waals surface area contributed by atoms with Gasteiger partial charge < -0.3 is 15.2 Å². The molecular formula is C14H19N3. The molecule has 2 rings (SSSR count). The van der Waals surface area contributed by atoms with Crippen LogP contribution in [0.3, 0.4) is 0 Å². The molecule has 1 aromatic carbocycles. The normalized spacial score (nSPS) is 10.2. The van der Waals surface area contributed by atoms with E-state index in [0.29, 0.717) is 0 Å². The van der Waals surface area contributed by atoms with Crippen LogP contribution >= 0.6 is 0 Å². The first kappa shape index (κ1) is 11.6. The Labute approximate surface area is 102 Å². The monoisotopic (exact) mass is 229 g/mol. The van der Waals surface area contributed by atoms with E-state index in [9.17, 15) is 0 Å². The quantitative estimate of drug-likeness (QED) is 0.826. The second-order valence-corrected chi connectivity index (χ2v) is 4.19. The minimum atomic E-state index is 1.02. The molecule has 0 aliphatic heterocycles. The Hall–Kier alpha value is -1.90. The highest BCUT2D eigenvalue weighted by molar-refractivity contribution is 5.57. The minimum absolute atomic E-state index is 1.02. The Morgan fingerprint density at radius 2 is 2.18 bits per heavy atom. The number of aromatic nitrogens is 1. The van der Waals surface area contributed by atoms with Crippen molar-refractivity contribution in [1.82, 2.24) is 4.98 Å². The van der Waals surface area contributed by atoms with Crippen molar-refractivity contribution in [3.8, 4) is 0 Å². The lowest BCUT2D eigenvalue weighted by molar-refractivity contribution is 0.878. The molecule has 0 fully saturated rings. The number of rotatable bonds is 5. The largest absolute Gasteiger partial charge is 0.388 e. The van der Waals surface area contributed by atoms with E-state index in [1.807, 2.05) is 13.2 Å². The molecule has 0 amide bonds. The molecular weight excluding hydrogens is 210 g/mol. The lowest BCUT2D eigenvalue weighted by Gasteiger charge is -2.19. The van der Waals surface area contributed by atoms with Crippen LogP contribution in [0.25, 0.3) is 0 Å². The number of anilines is 2. The average Bonchev–Trinajstić information content (AvgIpc) is 2.89. The minimum Gasteiger partial charge on any atom is -0.388 e. The Kier molecular flexibility index (Phi) is 3.70. The zero-order valence-electron chi connectivity index (χ0n) is 10.4. The highest BCUT2D eigenvalue weighted by atomic mass is 15.1. The molecule has 1 heterocycles. The summed E-state index contributed by atoms with van der Waals surface area (Å²) in [5, 5.41) is 3.16. The fourth-order valence-electron chi connectivity index (χ4n) is 1.84. The molecule has 2 N–H and O–H groups in total. The molecule has 2 aromatic rings. The van der Waals surface area contributed by atoms with Gasteiger partial charge in [-0.25, -0.2) is 0 Å². The summed E-state index contributed by atoms with van der Waals surface area (Å²) in [7, 11) is 4.07. The van der Waals surface area contributed by atoms with Crippen LogP contribution in [0.15, 0.2) is 42.7 Å². The summed E-state index contributed by atoms with van der Waals surface area (Å²) in [5.41, 5.74) is 3.74. The van der Waals surface area contributed by atoms with Crippen LogP contribution in [-0.2, 0) is 6.42 Å². The Morgan fingerprint density at radius 1 is 1.29 bits per heavy atom. The lowest BCUT2D eigenvalue weighted by atomic mass is 10.2. The van der Waals surface area contributed by atoms with E-state index in [2.05, 4.69) is 58.8 Å². The van der Waals surface area contributed by atoms with Crippen molar-refractivity contribution >= 4 is 11.4 Å². The van der Waals surface area contributed by atoms with E-state index in [4.69, 9.17) is 0 Å². The van der Waals surface area contributed by atoms with E-state index in [1.54, 1.807) is 0 Å².